The molecular formula is C12H17NO4. The minimum absolute atomic E-state index is 0.0554. The van der Waals surface area contributed by atoms with E-state index in [1.54, 1.807) is 19.9 Å². The van der Waals surface area contributed by atoms with Crippen molar-refractivity contribution in [2.24, 2.45) is 0 Å². The van der Waals surface area contributed by atoms with Gasteiger partial charge in [0.05, 0.1) is 17.8 Å². The maximum absolute atomic E-state index is 10.7. The van der Waals surface area contributed by atoms with Gasteiger partial charge in [-0.05, 0) is 26.0 Å². The number of anilines is 1. The highest BCUT2D eigenvalue weighted by molar-refractivity contribution is 5.93. The molecule has 0 amide bonds. The van der Waals surface area contributed by atoms with Crippen LogP contribution in [0.4, 0.5) is 5.69 Å². The number of nitrogens with two attached hydrogens (primary N) is 1. The highest BCUT2D eigenvalue weighted by Gasteiger charge is 2.13. The van der Waals surface area contributed by atoms with Crippen molar-refractivity contribution >= 4 is 11.7 Å². The Morgan fingerprint density at radius 2 is 2.12 bits per heavy atom. The molecule has 4 N–H and O–H groups in total. The Bertz CT molecular complexity index is 409. The lowest BCUT2D eigenvalue weighted by Crippen LogP contribution is -2.21. The number of benzene rings is 1. The van der Waals surface area contributed by atoms with E-state index < -0.39 is 11.6 Å². The van der Waals surface area contributed by atoms with Crippen molar-refractivity contribution in [2.45, 2.75) is 25.9 Å². The van der Waals surface area contributed by atoms with Gasteiger partial charge < -0.3 is 20.7 Å². The minimum Gasteiger partial charge on any atom is -0.493 e. The molecule has 1 rings (SSSR count). The van der Waals surface area contributed by atoms with Crippen molar-refractivity contribution in [3.05, 3.63) is 23.8 Å². The molecule has 0 radical (unpaired) electrons. The summed E-state index contributed by atoms with van der Waals surface area (Å²) in [6.07, 6.45) is 0.480. The molecule has 17 heavy (non-hydrogen) atoms. The molecule has 0 aliphatic heterocycles. The summed E-state index contributed by atoms with van der Waals surface area (Å²) in [6, 6.07) is 4.41. The van der Waals surface area contributed by atoms with Crippen molar-refractivity contribution in [3.8, 4) is 5.75 Å². The third-order valence-electron chi connectivity index (χ3n) is 2.24. The monoisotopic (exact) mass is 239 g/mol. The number of hydrogen-bond donors (Lipinski definition) is 3. The molecular weight excluding hydrogens is 222 g/mol. The molecule has 0 unspecified atom stereocenters. The summed E-state index contributed by atoms with van der Waals surface area (Å²) in [5, 5.41) is 18.3. The summed E-state index contributed by atoms with van der Waals surface area (Å²) in [5.41, 5.74) is 5.00. The summed E-state index contributed by atoms with van der Waals surface area (Å²) in [6.45, 7) is 3.73. The van der Waals surface area contributed by atoms with Gasteiger partial charge in [0.15, 0.2) is 0 Å². The van der Waals surface area contributed by atoms with Crippen LogP contribution in [0, 0.1) is 0 Å². The second kappa shape index (κ2) is 5.05. The molecule has 0 saturated carbocycles. The molecule has 0 aliphatic carbocycles. The average molecular weight is 239 g/mol. The zero-order valence-electron chi connectivity index (χ0n) is 9.93. The standard InChI is InChI=1S/C12H17NO4/c1-12(2,16)5-6-17-8-3-4-9(11(14)15)10(13)7-8/h3-4,7,16H,5-6,13H2,1-2H3,(H,14,15). The smallest absolute Gasteiger partial charge is 0.337 e. The molecule has 0 fully saturated rings. The Morgan fingerprint density at radius 3 is 2.59 bits per heavy atom. The molecule has 0 spiro atoms. The number of aliphatic hydroxyl groups is 1. The Hall–Kier alpha value is -1.75. The minimum atomic E-state index is -1.06. The lowest BCUT2D eigenvalue weighted by Gasteiger charge is -2.17. The Morgan fingerprint density at radius 1 is 1.47 bits per heavy atom. The fourth-order valence-electron chi connectivity index (χ4n) is 1.24. The van der Waals surface area contributed by atoms with Crippen LogP contribution in [0.2, 0.25) is 0 Å². The van der Waals surface area contributed by atoms with Gasteiger partial charge in [-0.3, -0.25) is 0 Å². The zero-order valence-corrected chi connectivity index (χ0v) is 9.93. The van der Waals surface area contributed by atoms with E-state index in [1.165, 1.54) is 12.1 Å². The van der Waals surface area contributed by atoms with Gasteiger partial charge in [-0.15, -0.1) is 0 Å². The first-order valence-corrected chi connectivity index (χ1v) is 5.27. The van der Waals surface area contributed by atoms with Crippen molar-refractivity contribution in [2.75, 3.05) is 12.3 Å². The van der Waals surface area contributed by atoms with Gasteiger partial charge in [0.2, 0.25) is 0 Å². The Kier molecular flexibility index (Phi) is 3.96. The van der Waals surface area contributed by atoms with Gasteiger partial charge in [0, 0.05) is 18.2 Å². The van der Waals surface area contributed by atoms with Crippen LogP contribution < -0.4 is 10.5 Å². The number of rotatable bonds is 5. The first kappa shape index (κ1) is 13.3. The number of carbonyl (C=O) groups is 1. The third-order valence-corrected chi connectivity index (χ3v) is 2.24. The van der Waals surface area contributed by atoms with Crippen LogP contribution in [0.25, 0.3) is 0 Å². The predicted molar refractivity (Wildman–Crippen MR) is 64.2 cm³/mol. The molecule has 1 aromatic rings. The molecule has 0 aromatic heterocycles. The van der Waals surface area contributed by atoms with Gasteiger partial charge in [0.25, 0.3) is 0 Å². The summed E-state index contributed by atoms with van der Waals surface area (Å²) in [5.74, 6) is -0.567. The van der Waals surface area contributed by atoms with Crippen LogP contribution in [0.3, 0.4) is 0 Å². The SMILES string of the molecule is CC(C)(O)CCOc1ccc(C(=O)O)c(N)c1. The van der Waals surface area contributed by atoms with Gasteiger partial charge in [-0.1, -0.05) is 0 Å². The lowest BCUT2D eigenvalue weighted by molar-refractivity contribution is 0.0553. The van der Waals surface area contributed by atoms with Crippen LogP contribution in [-0.4, -0.2) is 28.4 Å². The number of aromatic carboxylic acids is 1. The van der Waals surface area contributed by atoms with Gasteiger partial charge in [-0.2, -0.15) is 0 Å². The van der Waals surface area contributed by atoms with E-state index in [0.29, 0.717) is 18.8 Å². The Labute approximate surface area is 99.8 Å². The predicted octanol–water partition coefficient (Wildman–Crippen LogP) is 1.51. The van der Waals surface area contributed by atoms with E-state index in [2.05, 4.69) is 0 Å². The summed E-state index contributed by atoms with van der Waals surface area (Å²) in [4.78, 5) is 10.7. The van der Waals surface area contributed by atoms with E-state index in [4.69, 9.17) is 15.6 Å². The fourth-order valence-corrected chi connectivity index (χ4v) is 1.24. The first-order chi connectivity index (χ1) is 7.79. The van der Waals surface area contributed by atoms with Gasteiger partial charge in [0.1, 0.15) is 5.75 Å². The molecule has 5 heteroatoms. The number of hydrogen-bond acceptors (Lipinski definition) is 4. The normalized spacial score (nSPS) is 11.2. The molecule has 5 nitrogen and oxygen atoms in total. The molecule has 0 saturated heterocycles. The van der Waals surface area contributed by atoms with Crippen LogP contribution in [0.5, 0.6) is 5.75 Å². The molecule has 94 valence electrons. The van der Waals surface area contributed by atoms with E-state index in [1.807, 2.05) is 0 Å². The highest BCUT2D eigenvalue weighted by atomic mass is 16.5. The van der Waals surface area contributed by atoms with E-state index in [0.717, 1.165) is 0 Å². The van der Waals surface area contributed by atoms with Crippen LogP contribution >= 0.6 is 0 Å². The van der Waals surface area contributed by atoms with E-state index >= 15 is 0 Å². The van der Waals surface area contributed by atoms with Crippen LogP contribution in [0.1, 0.15) is 30.6 Å². The number of ether oxygens (including phenoxy) is 1. The quantitative estimate of drug-likeness (QED) is 0.677. The molecule has 0 aliphatic rings. The molecule has 0 bridgehead atoms. The maximum atomic E-state index is 10.7. The summed E-state index contributed by atoms with van der Waals surface area (Å²) in [7, 11) is 0. The van der Waals surface area contributed by atoms with E-state index in [9.17, 15) is 9.90 Å². The number of carboxylic acids is 1. The summed E-state index contributed by atoms with van der Waals surface area (Å²) >= 11 is 0. The summed E-state index contributed by atoms with van der Waals surface area (Å²) < 4.78 is 5.36. The van der Waals surface area contributed by atoms with Gasteiger partial charge >= 0.3 is 5.97 Å². The van der Waals surface area contributed by atoms with Crippen molar-refractivity contribution in [3.63, 3.8) is 0 Å². The van der Waals surface area contributed by atoms with E-state index in [-0.39, 0.29) is 11.3 Å². The topological polar surface area (TPSA) is 92.8 Å². The third kappa shape index (κ3) is 4.32. The molecule has 0 heterocycles. The van der Waals surface area contributed by atoms with Gasteiger partial charge in [-0.25, -0.2) is 4.79 Å². The van der Waals surface area contributed by atoms with Crippen LogP contribution in [-0.2, 0) is 0 Å². The van der Waals surface area contributed by atoms with Crippen molar-refractivity contribution in [1.29, 1.82) is 0 Å². The van der Waals surface area contributed by atoms with Crippen LogP contribution in [0.15, 0.2) is 18.2 Å². The fraction of sp³-hybridized carbons (Fsp3) is 0.417. The highest BCUT2D eigenvalue weighted by Crippen LogP contribution is 2.20. The molecule has 0 atom stereocenters. The average Bonchev–Trinajstić information content (AvgIpc) is 2.15. The van der Waals surface area contributed by atoms with Crippen molar-refractivity contribution < 1.29 is 19.7 Å². The Balaban J connectivity index is 2.62. The number of nitrogen functional groups attached to an aromatic ring is 1. The second-order valence-electron chi connectivity index (χ2n) is 4.47. The lowest BCUT2D eigenvalue weighted by atomic mass is 10.1. The largest absolute Gasteiger partial charge is 0.493 e. The molecule has 1 aromatic carbocycles. The zero-order chi connectivity index (χ0) is 13.1. The maximum Gasteiger partial charge on any atom is 0.337 e. The first-order valence-electron chi connectivity index (χ1n) is 5.27. The number of carboxylic acid groups (broad SMARTS) is 1. The van der Waals surface area contributed by atoms with Crippen molar-refractivity contribution in [1.82, 2.24) is 0 Å². The second-order valence-corrected chi connectivity index (χ2v) is 4.47.